The molecule has 0 amide bonds. The SMILES string of the molecule is Cn1nccc1-c1cc(C(=O)O)c2c(F)cc(F)cc2n1. The number of rotatable bonds is 2. The number of aromatic carboxylic acids is 1. The standard InChI is InChI=1S/C14H9F2N3O2/c1-19-12(2-3-17-19)10-6-8(14(20)21)13-9(16)4-7(15)5-11(13)18-10/h2-6H,1H3,(H,20,21). The number of aromatic nitrogens is 3. The van der Waals surface area contributed by atoms with Gasteiger partial charge in [-0.25, -0.2) is 18.6 Å². The molecule has 0 saturated heterocycles. The van der Waals surface area contributed by atoms with E-state index in [-0.39, 0.29) is 22.2 Å². The lowest BCUT2D eigenvalue weighted by atomic mass is 10.1. The Morgan fingerprint density at radius 2 is 2.05 bits per heavy atom. The fourth-order valence-corrected chi connectivity index (χ4v) is 2.21. The molecule has 0 bridgehead atoms. The maximum Gasteiger partial charge on any atom is 0.336 e. The largest absolute Gasteiger partial charge is 0.478 e. The molecule has 0 aliphatic carbocycles. The average Bonchev–Trinajstić information content (AvgIpc) is 2.83. The Morgan fingerprint density at radius 1 is 1.29 bits per heavy atom. The van der Waals surface area contributed by atoms with Crippen molar-refractivity contribution >= 4 is 16.9 Å². The van der Waals surface area contributed by atoms with Crippen LogP contribution in [0, 0.1) is 11.6 Å². The minimum Gasteiger partial charge on any atom is -0.478 e. The number of hydrogen-bond acceptors (Lipinski definition) is 3. The van der Waals surface area contributed by atoms with Crippen molar-refractivity contribution in [1.29, 1.82) is 0 Å². The summed E-state index contributed by atoms with van der Waals surface area (Å²) in [5, 5.41) is 13.0. The molecule has 7 heteroatoms. The van der Waals surface area contributed by atoms with Crippen molar-refractivity contribution in [1.82, 2.24) is 14.8 Å². The normalized spacial score (nSPS) is 11.0. The summed E-state index contributed by atoms with van der Waals surface area (Å²) in [7, 11) is 1.66. The zero-order valence-electron chi connectivity index (χ0n) is 10.8. The molecule has 0 spiro atoms. The van der Waals surface area contributed by atoms with Crippen LogP contribution < -0.4 is 0 Å². The van der Waals surface area contributed by atoms with E-state index in [4.69, 9.17) is 0 Å². The third kappa shape index (κ3) is 2.12. The minimum atomic E-state index is -1.31. The van der Waals surface area contributed by atoms with Crippen LogP contribution in [-0.2, 0) is 7.05 Å². The highest BCUT2D eigenvalue weighted by Gasteiger charge is 2.18. The molecule has 1 N–H and O–H groups in total. The van der Waals surface area contributed by atoms with Gasteiger partial charge in [0.05, 0.1) is 27.9 Å². The molecule has 0 fully saturated rings. The van der Waals surface area contributed by atoms with Gasteiger partial charge in [0.15, 0.2) is 0 Å². The van der Waals surface area contributed by atoms with Crippen molar-refractivity contribution in [3.05, 3.63) is 47.7 Å². The zero-order chi connectivity index (χ0) is 15.1. The van der Waals surface area contributed by atoms with E-state index in [1.807, 2.05) is 0 Å². The summed E-state index contributed by atoms with van der Waals surface area (Å²) >= 11 is 0. The van der Waals surface area contributed by atoms with E-state index in [1.54, 1.807) is 13.1 Å². The number of carbonyl (C=O) groups is 1. The molecule has 0 aliphatic rings. The number of aryl methyl sites for hydroxylation is 1. The maximum atomic E-state index is 13.9. The van der Waals surface area contributed by atoms with E-state index in [0.717, 1.165) is 6.07 Å². The smallest absolute Gasteiger partial charge is 0.336 e. The van der Waals surface area contributed by atoms with Crippen molar-refractivity contribution in [3.63, 3.8) is 0 Å². The lowest BCUT2D eigenvalue weighted by molar-refractivity contribution is 0.0698. The van der Waals surface area contributed by atoms with Crippen LogP contribution in [0.2, 0.25) is 0 Å². The molecule has 2 aromatic heterocycles. The molecule has 0 saturated carbocycles. The van der Waals surface area contributed by atoms with E-state index in [0.29, 0.717) is 11.8 Å². The molecule has 0 unspecified atom stereocenters. The summed E-state index contributed by atoms with van der Waals surface area (Å²) in [5.41, 5.74) is 0.506. The second-order valence-electron chi connectivity index (χ2n) is 4.48. The van der Waals surface area contributed by atoms with E-state index in [9.17, 15) is 18.7 Å². The van der Waals surface area contributed by atoms with Gasteiger partial charge in [-0.2, -0.15) is 5.10 Å². The Labute approximate surface area is 117 Å². The van der Waals surface area contributed by atoms with Gasteiger partial charge in [0.25, 0.3) is 0 Å². The lowest BCUT2D eigenvalue weighted by Crippen LogP contribution is -2.04. The summed E-state index contributed by atoms with van der Waals surface area (Å²) in [5.74, 6) is -3.08. The van der Waals surface area contributed by atoms with Crippen molar-refractivity contribution in [2.45, 2.75) is 0 Å². The highest BCUT2D eigenvalue weighted by Crippen LogP contribution is 2.27. The second kappa shape index (κ2) is 4.62. The van der Waals surface area contributed by atoms with Crippen molar-refractivity contribution < 1.29 is 18.7 Å². The molecule has 0 aliphatic heterocycles. The number of pyridine rings is 1. The molecular weight excluding hydrogens is 280 g/mol. The van der Waals surface area contributed by atoms with Crippen LogP contribution in [0.25, 0.3) is 22.3 Å². The number of benzene rings is 1. The lowest BCUT2D eigenvalue weighted by Gasteiger charge is -2.08. The first-order chi connectivity index (χ1) is 9.97. The fraction of sp³-hybridized carbons (Fsp3) is 0.0714. The molecule has 3 aromatic rings. The van der Waals surface area contributed by atoms with Crippen LogP contribution in [0.3, 0.4) is 0 Å². The monoisotopic (exact) mass is 289 g/mol. The van der Waals surface area contributed by atoms with Gasteiger partial charge in [-0.05, 0) is 12.1 Å². The van der Waals surface area contributed by atoms with Crippen molar-refractivity contribution in [2.24, 2.45) is 7.05 Å². The van der Waals surface area contributed by atoms with Gasteiger partial charge in [-0.3, -0.25) is 4.68 Å². The highest BCUT2D eigenvalue weighted by molar-refractivity contribution is 6.03. The zero-order valence-corrected chi connectivity index (χ0v) is 10.8. The van der Waals surface area contributed by atoms with E-state index < -0.39 is 17.6 Å². The molecule has 3 rings (SSSR count). The molecular formula is C14H9F2N3O2. The molecule has 2 heterocycles. The minimum absolute atomic E-state index is 0.0522. The quantitative estimate of drug-likeness (QED) is 0.787. The number of hydrogen-bond donors (Lipinski definition) is 1. The fourth-order valence-electron chi connectivity index (χ4n) is 2.21. The van der Waals surface area contributed by atoms with Crippen LogP contribution in [0.15, 0.2) is 30.5 Å². The van der Waals surface area contributed by atoms with Gasteiger partial charge < -0.3 is 5.11 Å². The Kier molecular flexibility index (Phi) is 2.90. The molecule has 0 atom stereocenters. The number of nitrogens with zero attached hydrogens (tertiary/aromatic N) is 3. The summed E-state index contributed by atoms with van der Waals surface area (Å²) < 4.78 is 28.7. The summed E-state index contributed by atoms with van der Waals surface area (Å²) in [6.07, 6.45) is 1.52. The van der Waals surface area contributed by atoms with Crippen molar-refractivity contribution in [3.8, 4) is 11.4 Å². The summed E-state index contributed by atoms with van der Waals surface area (Å²) in [6.45, 7) is 0. The van der Waals surface area contributed by atoms with Gasteiger partial charge in [0.1, 0.15) is 11.6 Å². The van der Waals surface area contributed by atoms with E-state index in [1.165, 1.54) is 16.9 Å². The Morgan fingerprint density at radius 3 is 2.67 bits per heavy atom. The van der Waals surface area contributed by atoms with E-state index in [2.05, 4.69) is 10.1 Å². The Balaban J connectivity index is 2.40. The summed E-state index contributed by atoms with van der Waals surface area (Å²) in [6, 6.07) is 4.53. The van der Waals surface area contributed by atoms with Crippen LogP contribution in [-0.4, -0.2) is 25.8 Å². The van der Waals surface area contributed by atoms with Gasteiger partial charge >= 0.3 is 5.97 Å². The average molecular weight is 289 g/mol. The molecule has 21 heavy (non-hydrogen) atoms. The molecule has 0 radical (unpaired) electrons. The van der Waals surface area contributed by atoms with Gasteiger partial charge in [0, 0.05) is 25.4 Å². The van der Waals surface area contributed by atoms with Crippen LogP contribution in [0.1, 0.15) is 10.4 Å². The highest BCUT2D eigenvalue weighted by atomic mass is 19.1. The third-order valence-electron chi connectivity index (χ3n) is 3.14. The number of carboxylic acids is 1. The number of halogens is 2. The third-order valence-corrected chi connectivity index (χ3v) is 3.14. The molecule has 106 valence electrons. The number of carboxylic acid groups (broad SMARTS) is 1. The van der Waals surface area contributed by atoms with Crippen molar-refractivity contribution in [2.75, 3.05) is 0 Å². The topological polar surface area (TPSA) is 68.0 Å². The van der Waals surface area contributed by atoms with E-state index >= 15 is 0 Å². The molecule has 1 aromatic carbocycles. The predicted octanol–water partition coefficient (Wildman–Crippen LogP) is 2.61. The first kappa shape index (κ1) is 13.2. The first-order valence-corrected chi connectivity index (χ1v) is 5.99. The summed E-state index contributed by atoms with van der Waals surface area (Å²) in [4.78, 5) is 15.5. The van der Waals surface area contributed by atoms with Crippen LogP contribution in [0.5, 0.6) is 0 Å². The van der Waals surface area contributed by atoms with Gasteiger partial charge in [-0.1, -0.05) is 0 Å². The Bertz CT molecular complexity index is 874. The molecule has 5 nitrogen and oxygen atoms in total. The maximum absolute atomic E-state index is 13.9. The first-order valence-electron chi connectivity index (χ1n) is 5.99. The number of fused-ring (bicyclic) bond motifs is 1. The van der Waals surface area contributed by atoms with Gasteiger partial charge in [0.2, 0.25) is 0 Å². The Hall–Kier alpha value is -2.83. The van der Waals surface area contributed by atoms with Gasteiger partial charge in [-0.15, -0.1) is 0 Å². The van der Waals surface area contributed by atoms with Crippen LogP contribution >= 0.6 is 0 Å². The van der Waals surface area contributed by atoms with Crippen LogP contribution in [0.4, 0.5) is 8.78 Å². The second-order valence-corrected chi connectivity index (χ2v) is 4.48. The predicted molar refractivity (Wildman–Crippen MR) is 70.8 cm³/mol.